The normalized spacial score (nSPS) is 8.57. The molecule has 0 aromatic carbocycles. The molecule has 0 unspecified atom stereocenters. The Morgan fingerprint density at radius 1 is 0.536 bits per heavy atom. The van der Waals surface area contributed by atoms with Crippen LogP contribution >= 0.6 is 0 Å². The van der Waals surface area contributed by atoms with Gasteiger partial charge in [-0.2, -0.15) is 0 Å². The van der Waals surface area contributed by atoms with E-state index in [1.807, 2.05) is 0 Å². The van der Waals surface area contributed by atoms with Crippen molar-refractivity contribution in [2.24, 2.45) is 0 Å². The molecule has 0 aliphatic rings. The number of aromatic nitrogens is 3. The van der Waals surface area contributed by atoms with Gasteiger partial charge in [0, 0.05) is 38.7 Å². The maximum absolute atomic E-state index is 10.1. The van der Waals surface area contributed by atoms with Crippen molar-refractivity contribution in [2.45, 2.75) is 0 Å². The number of hydrogen-bond donors (Lipinski definition) is 3. The predicted molar refractivity (Wildman–Crippen MR) is 93.6 cm³/mol. The van der Waals surface area contributed by atoms with Crippen molar-refractivity contribution >= 4 is 17.9 Å². The quantitative estimate of drug-likeness (QED) is 0.438. The van der Waals surface area contributed by atoms with Gasteiger partial charge < -0.3 is 15.3 Å². The largest absolute Gasteiger partial charge is 0.477 e. The van der Waals surface area contributed by atoms with Crippen LogP contribution in [0.4, 0.5) is 0 Å². The molecule has 3 rings (SSSR count). The number of carboxylic acids is 3. The standard InChI is InChI=1S/3C6H5NO2.Ir/c3*8-6(9)5-3-1-2-4-7-5;/h3*1-4H,(H,8,9);. The maximum atomic E-state index is 10.1. The van der Waals surface area contributed by atoms with Crippen molar-refractivity contribution < 1.29 is 49.8 Å². The molecule has 0 atom stereocenters. The number of carbonyl (C=O) groups is 3. The third-order valence-corrected chi connectivity index (χ3v) is 2.65. The van der Waals surface area contributed by atoms with Crippen molar-refractivity contribution in [3.8, 4) is 0 Å². The minimum Gasteiger partial charge on any atom is -0.477 e. The summed E-state index contributed by atoms with van der Waals surface area (Å²) in [5, 5.41) is 25.0. The SMILES string of the molecule is O=C(O)c1ccccn1.O=C(O)c1ccccn1.O=C(O)c1ccccn1.[Ir]. The Labute approximate surface area is 173 Å². The minimum absolute atomic E-state index is 0. The van der Waals surface area contributed by atoms with Gasteiger partial charge in [-0.3, -0.25) is 0 Å². The Kier molecular flexibility index (Phi) is 12.0. The third-order valence-electron chi connectivity index (χ3n) is 2.65. The summed E-state index contributed by atoms with van der Waals surface area (Å²) in [5.74, 6) is -2.97. The molecular formula is C18H15IrN3O6. The van der Waals surface area contributed by atoms with E-state index in [1.54, 1.807) is 36.4 Å². The molecule has 0 fully saturated rings. The Morgan fingerprint density at radius 3 is 0.893 bits per heavy atom. The summed E-state index contributed by atoms with van der Waals surface area (Å²) in [4.78, 5) is 41.2. The summed E-state index contributed by atoms with van der Waals surface area (Å²) in [6.45, 7) is 0. The van der Waals surface area contributed by atoms with E-state index in [0.29, 0.717) is 0 Å². The van der Waals surface area contributed by atoms with Gasteiger partial charge in [0.2, 0.25) is 0 Å². The smallest absolute Gasteiger partial charge is 0.354 e. The monoisotopic (exact) mass is 562 g/mol. The van der Waals surface area contributed by atoms with Crippen LogP contribution < -0.4 is 0 Å². The first-order valence-corrected chi connectivity index (χ1v) is 7.34. The molecule has 3 aromatic rings. The Hall–Kier alpha value is -3.49. The Bertz CT molecular complexity index is 747. The Balaban J connectivity index is 0.000000384. The predicted octanol–water partition coefficient (Wildman–Crippen LogP) is 2.34. The summed E-state index contributed by atoms with van der Waals surface area (Å²) >= 11 is 0. The van der Waals surface area contributed by atoms with Crippen molar-refractivity contribution in [1.29, 1.82) is 0 Å². The van der Waals surface area contributed by atoms with Crippen LogP contribution in [0.5, 0.6) is 0 Å². The van der Waals surface area contributed by atoms with Crippen molar-refractivity contribution in [2.75, 3.05) is 0 Å². The number of carboxylic acid groups (broad SMARTS) is 3. The van der Waals surface area contributed by atoms with Crippen LogP contribution in [0.15, 0.2) is 73.2 Å². The second kappa shape index (κ2) is 13.7. The van der Waals surface area contributed by atoms with Crippen LogP contribution in [0.2, 0.25) is 0 Å². The summed E-state index contributed by atoms with van der Waals surface area (Å²) in [7, 11) is 0. The molecule has 1 radical (unpaired) electrons. The molecule has 3 aromatic heterocycles. The molecule has 9 nitrogen and oxygen atoms in total. The van der Waals surface area contributed by atoms with Gasteiger partial charge >= 0.3 is 17.9 Å². The first-order chi connectivity index (χ1) is 12.9. The summed E-state index contributed by atoms with van der Waals surface area (Å²) in [6, 6.07) is 14.3. The van der Waals surface area contributed by atoms with Gasteiger partial charge in [-0.1, -0.05) is 18.2 Å². The van der Waals surface area contributed by atoms with Crippen LogP contribution in [0.25, 0.3) is 0 Å². The topological polar surface area (TPSA) is 151 Å². The number of aromatic carboxylic acids is 3. The number of rotatable bonds is 3. The van der Waals surface area contributed by atoms with E-state index in [-0.39, 0.29) is 37.2 Å². The molecule has 3 N–H and O–H groups in total. The molecule has 0 aliphatic carbocycles. The van der Waals surface area contributed by atoms with Gasteiger partial charge in [0.25, 0.3) is 0 Å². The zero-order chi connectivity index (χ0) is 20.1. The van der Waals surface area contributed by atoms with Crippen LogP contribution in [-0.4, -0.2) is 48.2 Å². The fourth-order valence-corrected chi connectivity index (χ4v) is 1.47. The van der Waals surface area contributed by atoms with Gasteiger partial charge in [0.1, 0.15) is 17.1 Å². The maximum Gasteiger partial charge on any atom is 0.354 e. The molecule has 0 amide bonds. The van der Waals surface area contributed by atoms with Crippen LogP contribution in [0, 0.1) is 0 Å². The Morgan fingerprint density at radius 2 is 0.786 bits per heavy atom. The van der Waals surface area contributed by atoms with E-state index in [0.717, 1.165) is 0 Å². The van der Waals surface area contributed by atoms with E-state index < -0.39 is 17.9 Å². The molecule has 0 aliphatic heterocycles. The first kappa shape index (κ1) is 24.5. The van der Waals surface area contributed by atoms with E-state index in [4.69, 9.17) is 15.3 Å². The van der Waals surface area contributed by atoms with E-state index in [9.17, 15) is 14.4 Å². The van der Waals surface area contributed by atoms with Gasteiger partial charge in [0.05, 0.1) is 0 Å². The molecular weight excluding hydrogens is 546 g/mol. The molecule has 3 heterocycles. The average Bonchev–Trinajstić information content (AvgIpc) is 2.71. The second-order valence-electron chi connectivity index (χ2n) is 4.56. The molecule has 0 saturated carbocycles. The molecule has 28 heavy (non-hydrogen) atoms. The van der Waals surface area contributed by atoms with E-state index in [2.05, 4.69) is 15.0 Å². The van der Waals surface area contributed by atoms with Gasteiger partial charge in [0.15, 0.2) is 0 Å². The molecule has 10 heteroatoms. The third kappa shape index (κ3) is 9.85. The van der Waals surface area contributed by atoms with E-state index in [1.165, 1.54) is 36.8 Å². The first-order valence-electron chi connectivity index (χ1n) is 7.34. The van der Waals surface area contributed by atoms with Crippen molar-refractivity contribution in [3.05, 3.63) is 90.3 Å². The zero-order valence-corrected chi connectivity index (χ0v) is 16.6. The van der Waals surface area contributed by atoms with Gasteiger partial charge in [-0.25, -0.2) is 29.3 Å². The summed E-state index contributed by atoms with van der Waals surface area (Å²) in [6.07, 6.45) is 4.34. The summed E-state index contributed by atoms with van der Waals surface area (Å²) in [5.41, 5.74) is 0.243. The van der Waals surface area contributed by atoms with Crippen LogP contribution in [0.3, 0.4) is 0 Å². The van der Waals surface area contributed by atoms with Gasteiger partial charge in [-0.15, -0.1) is 0 Å². The summed E-state index contributed by atoms with van der Waals surface area (Å²) < 4.78 is 0. The number of nitrogens with zero attached hydrogens (tertiary/aromatic N) is 3. The van der Waals surface area contributed by atoms with Crippen molar-refractivity contribution in [1.82, 2.24) is 15.0 Å². The molecule has 0 bridgehead atoms. The molecule has 0 saturated heterocycles. The fraction of sp³-hybridized carbons (Fsp3) is 0. The fourth-order valence-electron chi connectivity index (χ4n) is 1.47. The van der Waals surface area contributed by atoms with Crippen LogP contribution in [0.1, 0.15) is 31.5 Å². The second-order valence-corrected chi connectivity index (χ2v) is 4.56. The zero-order valence-electron chi connectivity index (χ0n) is 14.2. The average molecular weight is 562 g/mol. The molecule has 0 spiro atoms. The molecule has 147 valence electrons. The minimum atomic E-state index is -0.990. The van der Waals surface area contributed by atoms with Crippen LogP contribution in [-0.2, 0) is 20.1 Å². The van der Waals surface area contributed by atoms with Crippen molar-refractivity contribution in [3.63, 3.8) is 0 Å². The van der Waals surface area contributed by atoms with E-state index >= 15 is 0 Å². The number of pyridine rings is 3. The van der Waals surface area contributed by atoms with Gasteiger partial charge in [-0.05, 0) is 36.4 Å². The number of hydrogen-bond acceptors (Lipinski definition) is 6.